The molecule has 0 unspecified atom stereocenters. The molecule has 0 radical (unpaired) electrons. The number of anilines is 1. The number of benzene rings is 2. The van der Waals surface area contributed by atoms with E-state index in [0.29, 0.717) is 19.5 Å². The van der Waals surface area contributed by atoms with Gasteiger partial charge in [-0.3, -0.25) is 4.79 Å². The van der Waals surface area contributed by atoms with Gasteiger partial charge in [0.2, 0.25) is 15.9 Å². The Labute approximate surface area is 172 Å². The molecule has 0 atom stereocenters. The summed E-state index contributed by atoms with van der Waals surface area (Å²) in [5, 5.41) is 2.58. The third-order valence-electron chi connectivity index (χ3n) is 5.17. The van der Waals surface area contributed by atoms with Gasteiger partial charge in [-0.15, -0.1) is 0 Å². The molecule has 1 N–H and O–H groups in total. The zero-order chi connectivity index (χ0) is 20.9. The predicted octanol–water partition coefficient (Wildman–Crippen LogP) is 4.27. The summed E-state index contributed by atoms with van der Waals surface area (Å²) in [6.07, 6.45) is 4.57. The Morgan fingerprint density at radius 3 is 2.31 bits per heavy atom. The average molecular weight is 419 g/mol. The molecule has 7 heteroatoms. The van der Waals surface area contributed by atoms with Crippen molar-refractivity contribution in [3.8, 4) is 0 Å². The first-order chi connectivity index (χ1) is 13.9. The van der Waals surface area contributed by atoms with Gasteiger partial charge < -0.3 is 5.32 Å². The molecule has 0 aromatic heterocycles. The van der Waals surface area contributed by atoms with E-state index in [1.54, 1.807) is 47.6 Å². The van der Waals surface area contributed by atoms with Gasteiger partial charge in [-0.25, -0.2) is 12.8 Å². The SMILES string of the molecule is Cc1ccc(NC(=O)CCc2ccc(S(=O)(=O)N3CCCCCC3)cc2)c(F)c1. The van der Waals surface area contributed by atoms with Gasteiger partial charge in [0.05, 0.1) is 10.6 Å². The molecule has 1 aliphatic rings. The van der Waals surface area contributed by atoms with Crippen LogP contribution in [0, 0.1) is 12.7 Å². The highest BCUT2D eigenvalue weighted by Gasteiger charge is 2.24. The quantitative estimate of drug-likeness (QED) is 0.762. The van der Waals surface area contributed by atoms with Crippen LogP contribution >= 0.6 is 0 Å². The Hall–Kier alpha value is -2.25. The normalized spacial score (nSPS) is 15.7. The lowest BCUT2D eigenvalue weighted by Crippen LogP contribution is -2.31. The molecule has 2 aromatic rings. The van der Waals surface area contributed by atoms with E-state index in [9.17, 15) is 17.6 Å². The number of nitrogens with one attached hydrogen (secondary N) is 1. The van der Waals surface area contributed by atoms with Crippen molar-refractivity contribution in [3.05, 3.63) is 59.4 Å². The molecule has 2 aromatic carbocycles. The van der Waals surface area contributed by atoms with Crippen LogP contribution in [0.4, 0.5) is 10.1 Å². The second kappa shape index (κ2) is 9.50. The molecule has 1 saturated heterocycles. The first-order valence-corrected chi connectivity index (χ1v) is 11.5. The van der Waals surface area contributed by atoms with Crippen molar-refractivity contribution in [2.45, 2.75) is 50.3 Å². The van der Waals surface area contributed by atoms with Gasteiger partial charge in [0, 0.05) is 19.5 Å². The summed E-state index contributed by atoms with van der Waals surface area (Å²) < 4.78 is 41.0. The zero-order valence-electron chi connectivity index (χ0n) is 16.7. The molecule has 1 aliphatic heterocycles. The third-order valence-corrected chi connectivity index (χ3v) is 7.08. The van der Waals surface area contributed by atoms with Gasteiger partial charge >= 0.3 is 0 Å². The van der Waals surface area contributed by atoms with E-state index in [2.05, 4.69) is 5.32 Å². The van der Waals surface area contributed by atoms with Gasteiger partial charge in [-0.05, 0) is 61.6 Å². The van der Waals surface area contributed by atoms with Gasteiger partial charge in [-0.2, -0.15) is 4.31 Å². The van der Waals surface area contributed by atoms with Crippen molar-refractivity contribution < 1.29 is 17.6 Å². The Morgan fingerprint density at radius 2 is 1.69 bits per heavy atom. The van der Waals surface area contributed by atoms with E-state index >= 15 is 0 Å². The third kappa shape index (κ3) is 5.64. The minimum Gasteiger partial charge on any atom is -0.324 e. The predicted molar refractivity (Wildman–Crippen MR) is 112 cm³/mol. The molecule has 0 bridgehead atoms. The molecule has 29 heavy (non-hydrogen) atoms. The summed E-state index contributed by atoms with van der Waals surface area (Å²) in [5.41, 5.74) is 1.81. The van der Waals surface area contributed by atoms with Crippen LogP contribution < -0.4 is 5.32 Å². The van der Waals surface area contributed by atoms with Crippen LogP contribution in [0.2, 0.25) is 0 Å². The summed E-state index contributed by atoms with van der Waals surface area (Å²) in [6, 6.07) is 11.3. The molecule has 0 saturated carbocycles. The summed E-state index contributed by atoms with van der Waals surface area (Å²) >= 11 is 0. The Kier molecular flexibility index (Phi) is 7.03. The fraction of sp³-hybridized carbons (Fsp3) is 0.409. The monoisotopic (exact) mass is 418 g/mol. The largest absolute Gasteiger partial charge is 0.324 e. The van der Waals surface area contributed by atoms with Crippen LogP contribution in [-0.4, -0.2) is 31.7 Å². The number of aryl methyl sites for hydroxylation is 2. The number of carbonyl (C=O) groups is 1. The fourth-order valence-electron chi connectivity index (χ4n) is 3.45. The molecular formula is C22H27FN2O3S. The van der Waals surface area contributed by atoms with Crippen LogP contribution in [0.25, 0.3) is 0 Å². The van der Waals surface area contributed by atoms with Crippen LogP contribution in [0.3, 0.4) is 0 Å². The van der Waals surface area contributed by atoms with E-state index in [1.165, 1.54) is 6.07 Å². The number of halogens is 1. The second-order valence-electron chi connectivity index (χ2n) is 7.49. The van der Waals surface area contributed by atoms with Crippen molar-refractivity contribution in [3.63, 3.8) is 0 Å². The number of carbonyl (C=O) groups excluding carboxylic acids is 1. The minimum absolute atomic E-state index is 0.166. The lowest BCUT2D eigenvalue weighted by Gasteiger charge is -2.20. The van der Waals surface area contributed by atoms with Gasteiger partial charge in [0.1, 0.15) is 5.82 Å². The van der Waals surface area contributed by atoms with E-state index < -0.39 is 15.8 Å². The van der Waals surface area contributed by atoms with Gasteiger partial charge in [0.15, 0.2) is 0 Å². The first-order valence-electron chi connectivity index (χ1n) is 10.0. The first kappa shape index (κ1) is 21.5. The van der Waals surface area contributed by atoms with Crippen molar-refractivity contribution in [1.29, 1.82) is 0 Å². The molecule has 1 heterocycles. The molecule has 156 valence electrons. The molecule has 1 amide bonds. The summed E-state index contributed by atoms with van der Waals surface area (Å²) in [6.45, 7) is 2.92. The Balaban J connectivity index is 1.58. The maximum atomic E-state index is 13.8. The van der Waals surface area contributed by atoms with E-state index in [4.69, 9.17) is 0 Å². The van der Waals surface area contributed by atoms with Crippen molar-refractivity contribution >= 4 is 21.6 Å². The van der Waals surface area contributed by atoms with E-state index in [1.807, 2.05) is 0 Å². The number of amides is 1. The summed E-state index contributed by atoms with van der Waals surface area (Å²) in [7, 11) is -3.47. The van der Waals surface area contributed by atoms with Crippen LogP contribution in [0.5, 0.6) is 0 Å². The number of hydrogen-bond donors (Lipinski definition) is 1. The highest BCUT2D eigenvalue weighted by atomic mass is 32.2. The van der Waals surface area contributed by atoms with Crippen molar-refractivity contribution in [2.24, 2.45) is 0 Å². The second-order valence-corrected chi connectivity index (χ2v) is 9.43. The van der Waals surface area contributed by atoms with Crippen molar-refractivity contribution in [2.75, 3.05) is 18.4 Å². The molecule has 3 rings (SSSR count). The van der Waals surface area contributed by atoms with E-state index in [0.717, 1.165) is 36.8 Å². The number of rotatable bonds is 6. The summed E-state index contributed by atoms with van der Waals surface area (Å²) in [5.74, 6) is -0.740. The smallest absolute Gasteiger partial charge is 0.243 e. The maximum absolute atomic E-state index is 13.8. The molecule has 5 nitrogen and oxygen atoms in total. The summed E-state index contributed by atoms with van der Waals surface area (Å²) in [4.78, 5) is 12.4. The standard InChI is InChI=1S/C22H27FN2O3S/c1-17-6-12-21(20(23)16-17)24-22(26)13-9-18-7-10-19(11-8-18)29(27,28)25-14-4-2-3-5-15-25/h6-8,10-12,16H,2-5,9,13-15H2,1H3,(H,24,26). The molecule has 0 aliphatic carbocycles. The molecule has 0 spiro atoms. The van der Waals surface area contributed by atoms with Crippen LogP contribution in [0.1, 0.15) is 43.2 Å². The number of nitrogens with zero attached hydrogens (tertiary/aromatic N) is 1. The minimum atomic E-state index is -3.47. The van der Waals surface area contributed by atoms with Gasteiger partial charge in [0.25, 0.3) is 0 Å². The molecule has 1 fully saturated rings. The Bertz CT molecular complexity index is 951. The van der Waals surface area contributed by atoms with E-state index in [-0.39, 0.29) is 22.9 Å². The van der Waals surface area contributed by atoms with Gasteiger partial charge in [-0.1, -0.05) is 31.0 Å². The maximum Gasteiger partial charge on any atom is 0.243 e. The highest BCUT2D eigenvalue weighted by molar-refractivity contribution is 7.89. The number of sulfonamides is 1. The Morgan fingerprint density at radius 1 is 1.03 bits per heavy atom. The van der Waals surface area contributed by atoms with Crippen molar-refractivity contribution in [1.82, 2.24) is 4.31 Å². The van der Waals surface area contributed by atoms with Crippen LogP contribution in [0.15, 0.2) is 47.4 Å². The number of hydrogen-bond acceptors (Lipinski definition) is 3. The topological polar surface area (TPSA) is 66.5 Å². The molecular weight excluding hydrogens is 391 g/mol. The average Bonchev–Trinajstić information content (AvgIpc) is 2.99. The fourth-order valence-corrected chi connectivity index (χ4v) is 4.97. The lowest BCUT2D eigenvalue weighted by atomic mass is 10.1. The lowest BCUT2D eigenvalue weighted by molar-refractivity contribution is -0.116. The zero-order valence-corrected chi connectivity index (χ0v) is 17.5. The van der Waals surface area contributed by atoms with Crippen LogP contribution in [-0.2, 0) is 21.2 Å². The highest BCUT2D eigenvalue weighted by Crippen LogP contribution is 2.21.